The SMILES string of the molecule is O=C1c2c(S(=O)(=O)C(F)F)cn(-c3ccc(F)c(C(F)F)c3)c2CCC1(F)F. The number of hydrogen-bond acceptors (Lipinski definition) is 3. The fraction of sp³-hybridized carbons (Fsp3) is 0.312. The summed E-state index contributed by atoms with van der Waals surface area (Å²) in [6.07, 6.45) is -4.37. The molecule has 0 radical (unpaired) electrons. The number of alkyl halides is 6. The van der Waals surface area contributed by atoms with Gasteiger partial charge in [-0.3, -0.25) is 4.79 Å². The highest BCUT2D eigenvalue weighted by atomic mass is 32.2. The van der Waals surface area contributed by atoms with Crippen molar-refractivity contribution < 1.29 is 43.9 Å². The minimum atomic E-state index is -5.45. The topological polar surface area (TPSA) is 56.1 Å². The Balaban J connectivity index is 2.32. The van der Waals surface area contributed by atoms with Crippen LogP contribution in [0.5, 0.6) is 0 Å². The Bertz CT molecular complexity index is 1060. The normalized spacial score (nSPS) is 16.7. The molecule has 28 heavy (non-hydrogen) atoms. The summed E-state index contributed by atoms with van der Waals surface area (Å²) in [6, 6.07) is 2.18. The van der Waals surface area contributed by atoms with Gasteiger partial charge in [-0.05, 0) is 24.6 Å². The number of nitrogens with zero attached hydrogens (tertiary/aromatic N) is 1. The van der Waals surface area contributed by atoms with Crippen LogP contribution in [0, 0.1) is 5.82 Å². The molecule has 3 rings (SSSR count). The van der Waals surface area contributed by atoms with E-state index in [0.717, 1.165) is 10.6 Å². The predicted octanol–water partition coefficient (Wildman–Crippen LogP) is 4.31. The second-order valence-corrected chi connectivity index (χ2v) is 7.92. The van der Waals surface area contributed by atoms with Crippen LogP contribution < -0.4 is 0 Å². The molecule has 0 atom stereocenters. The summed E-state index contributed by atoms with van der Waals surface area (Å²) in [7, 11) is -5.45. The predicted molar refractivity (Wildman–Crippen MR) is 81.5 cm³/mol. The Morgan fingerprint density at radius 1 is 1.11 bits per heavy atom. The van der Waals surface area contributed by atoms with Crippen LogP contribution >= 0.6 is 0 Å². The monoisotopic (exact) mass is 429 g/mol. The van der Waals surface area contributed by atoms with Gasteiger partial charge in [-0.1, -0.05) is 0 Å². The van der Waals surface area contributed by atoms with Gasteiger partial charge in [0.15, 0.2) is 0 Å². The summed E-state index contributed by atoms with van der Waals surface area (Å²) in [5.41, 5.74) is -2.83. The van der Waals surface area contributed by atoms with Crippen molar-refractivity contribution in [2.24, 2.45) is 0 Å². The summed E-state index contributed by atoms with van der Waals surface area (Å²) < 4.78 is 117. The Kier molecular flexibility index (Phi) is 4.80. The molecule has 0 N–H and O–H groups in total. The lowest BCUT2D eigenvalue weighted by Crippen LogP contribution is -2.35. The second-order valence-electron chi connectivity index (χ2n) is 6.03. The van der Waals surface area contributed by atoms with E-state index in [2.05, 4.69) is 0 Å². The fourth-order valence-corrected chi connectivity index (χ4v) is 3.91. The highest BCUT2D eigenvalue weighted by Crippen LogP contribution is 2.40. The van der Waals surface area contributed by atoms with Crippen molar-refractivity contribution in [2.45, 2.75) is 35.8 Å². The van der Waals surface area contributed by atoms with E-state index in [1.807, 2.05) is 0 Å². The van der Waals surface area contributed by atoms with Gasteiger partial charge in [-0.15, -0.1) is 0 Å². The van der Waals surface area contributed by atoms with Crippen LogP contribution in [-0.4, -0.2) is 30.4 Å². The first kappa shape index (κ1) is 20.4. The molecule has 1 heterocycles. The van der Waals surface area contributed by atoms with Gasteiger partial charge in [0.1, 0.15) is 10.7 Å². The summed E-state index contributed by atoms with van der Waals surface area (Å²) in [5, 5.41) is 0. The first-order valence-corrected chi connectivity index (χ1v) is 9.19. The number of halogens is 7. The first-order valence-electron chi connectivity index (χ1n) is 7.65. The summed E-state index contributed by atoms with van der Waals surface area (Å²) in [4.78, 5) is 10.7. The van der Waals surface area contributed by atoms with Gasteiger partial charge in [0.2, 0.25) is 15.6 Å². The van der Waals surface area contributed by atoms with E-state index in [4.69, 9.17) is 0 Å². The molecule has 2 aromatic rings. The third-order valence-electron chi connectivity index (χ3n) is 4.34. The number of fused-ring (bicyclic) bond motifs is 1. The van der Waals surface area contributed by atoms with E-state index in [0.29, 0.717) is 18.3 Å². The molecule has 0 spiro atoms. The van der Waals surface area contributed by atoms with Crippen molar-refractivity contribution in [3.63, 3.8) is 0 Å². The molecule has 1 aromatic carbocycles. The number of rotatable bonds is 4. The molecule has 0 amide bonds. The molecule has 1 aliphatic rings. The van der Waals surface area contributed by atoms with Crippen LogP contribution in [0.2, 0.25) is 0 Å². The molecule has 0 bridgehead atoms. The van der Waals surface area contributed by atoms with Gasteiger partial charge in [0, 0.05) is 24.0 Å². The van der Waals surface area contributed by atoms with Gasteiger partial charge >= 0.3 is 11.7 Å². The molecule has 0 fully saturated rings. The molecule has 0 unspecified atom stereocenters. The standard InChI is InChI=1S/C16H10F7NO3S/c17-9-2-1-7(5-8(9)14(18)19)24-6-11(28(26,27)15(20)21)12-10(24)3-4-16(22,23)13(12)25/h1-2,5-6,14-15H,3-4H2. The zero-order valence-electron chi connectivity index (χ0n) is 13.6. The average Bonchev–Trinajstić information content (AvgIpc) is 2.99. The van der Waals surface area contributed by atoms with Gasteiger partial charge in [0.25, 0.3) is 6.43 Å². The Hall–Kier alpha value is -2.37. The van der Waals surface area contributed by atoms with E-state index in [-0.39, 0.29) is 11.4 Å². The van der Waals surface area contributed by atoms with Gasteiger partial charge in [-0.2, -0.15) is 17.6 Å². The lowest BCUT2D eigenvalue weighted by atomic mass is 9.93. The van der Waals surface area contributed by atoms with Crippen LogP contribution in [0.4, 0.5) is 30.7 Å². The van der Waals surface area contributed by atoms with Crippen molar-refractivity contribution in [1.82, 2.24) is 4.57 Å². The number of benzene rings is 1. The number of carbonyl (C=O) groups excluding carboxylic acids is 1. The van der Waals surface area contributed by atoms with Crippen molar-refractivity contribution in [3.8, 4) is 5.69 Å². The Labute approximate surface area is 153 Å². The van der Waals surface area contributed by atoms with Crippen LogP contribution in [-0.2, 0) is 16.3 Å². The summed E-state index contributed by atoms with van der Waals surface area (Å²) in [5.74, 6) is -11.2. The van der Waals surface area contributed by atoms with E-state index in [9.17, 15) is 43.9 Å². The lowest BCUT2D eigenvalue weighted by molar-refractivity contribution is 0.00140. The molecule has 152 valence electrons. The Morgan fingerprint density at radius 3 is 2.32 bits per heavy atom. The Morgan fingerprint density at radius 2 is 1.75 bits per heavy atom. The van der Waals surface area contributed by atoms with Crippen molar-refractivity contribution in [2.75, 3.05) is 0 Å². The fourth-order valence-electron chi connectivity index (χ4n) is 2.97. The molecule has 0 saturated carbocycles. The highest BCUT2D eigenvalue weighted by Gasteiger charge is 2.48. The largest absolute Gasteiger partial charge is 0.341 e. The van der Waals surface area contributed by atoms with Crippen LogP contribution in [0.3, 0.4) is 0 Å². The molecular formula is C16H10F7NO3S. The highest BCUT2D eigenvalue weighted by molar-refractivity contribution is 7.91. The summed E-state index contributed by atoms with van der Waals surface area (Å²) in [6.45, 7) is 0. The van der Waals surface area contributed by atoms with Gasteiger partial charge < -0.3 is 4.57 Å². The number of carbonyl (C=O) groups is 1. The van der Waals surface area contributed by atoms with Gasteiger partial charge in [0.05, 0.1) is 11.1 Å². The molecule has 4 nitrogen and oxygen atoms in total. The first-order chi connectivity index (χ1) is 12.9. The number of ketones is 1. The zero-order valence-corrected chi connectivity index (χ0v) is 14.4. The molecule has 0 saturated heterocycles. The number of aromatic nitrogens is 1. The number of sulfone groups is 1. The molecular weight excluding hydrogens is 419 g/mol. The second kappa shape index (κ2) is 6.61. The smallest absolute Gasteiger partial charge is 0.319 e. The lowest BCUT2D eigenvalue weighted by Gasteiger charge is -2.22. The van der Waals surface area contributed by atoms with Crippen molar-refractivity contribution in [1.29, 1.82) is 0 Å². The third kappa shape index (κ3) is 3.09. The summed E-state index contributed by atoms with van der Waals surface area (Å²) >= 11 is 0. The van der Waals surface area contributed by atoms with Crippen LogP contribution in [0.1, 0.15) is 34.5 Å². The maximum Gasteiger partial charge on any atom is 0.341 e. The van der Waals surface area contributed by atoms with Crippen LogP contribution in [0.25, 0.3) is 5.69 Å². The number of Topliss-reactive ketones (excluding diaryl/α,β-unsaturated/α-hetero) is 1. The van der Waals surface area contributed by atoms with E-state index < -0.39 is 68.4 Å². The molecule has 12 heteroatoms. The van der Waals surface area contributed by atoms with Crippen LogP contribution in [0.15, 0.2) is 29.3 Å². The van der Waals surface area contributed by atoms with E-state index in [1.54, 1.807) is 0 Å². The molecule has 1 aromatic heterocycles. The quantitative estimate of drug-likeness (QED) is 0.681. The maximum atomic E-state index is 13.8. The maximum absolute atomic E-state index is 13.8. The van der Waals surface area contributed by atoms with Crippen molar-refractivity contribution in [3.05, 3.63) is 47.0 Å². The third-order valence-corrected chi connectivity index (χ3v) is 5.73. The number of hydrogen-bond donors (Lipinski definition) is 0. The van der Waals surface area contributed by atoms with E-state index in [1.165, 1.54) is 0 Å². The van der Waals surface area contributed by atoms with Crippen molar-refractivity contribution >= 4 is 15.6 Å². The van der Waals surface area contributed by atoms with Gasteiger partial charge in [-0.25, -0.2) is 21.6 Å². The zero-order chi connectivity index (χ0) is 21.0. The molecule has 1 aliphatic carbocycles. The average molecular weight is 429 g/mol. The minimum absolute atomic E-state index is 0.290. The molecule has 0 aliphatic heterocycles. The van der Waals surface area contributed by atoms with E-state index >= 15 is 0 Å². The minimum Gasteiger partial charge on any atom is -0.319 e.